The number of nitrogens with zero attached hydrogens (tertiary/aromatic N) is 1. The molecule has 1 N–H and O–H groups in total. The van der Waals surface area contributed by atoms with Crippen LogP contribution in [0, 0.1) is 11.7 Å². The number of rotatable bonds is 5. The molecule has 0 saturated carbocycles. The van der Waals surface area contributed by atoms with E-state index in [1.54, 1.807) is 12.1 Å². The van der Waals surface area contributed by atoms with Crippen molar-refractivity contribution in [3.05, 3.63) is 29.6 Å². The van der Waals surface area contributed by atoms with Crippen molar-refractivity contribution in [3.8, 4) is 0 Å². The van der Waals surface area contributed by atoms with Crippen LogP contribution in [-0.4, -0.2) is 30.4 Å². The zero-order valence-electron chi connectivity index (χ0n) is 13.0. The molecule has 1 atom stereocenters. The summed E-state index contributed by atoms with van der Waals surface area (Å²) in [6.45, 7) is 6.41. The van der Waals surface area contributed by atoms with Crippen molar-refractivity contribution >= 4 is 11.6 Å². The summed E-state index contributed by atoms with van der Waals surface area (Å²) in [7, 11) is 0. The standard InChI is InChI=1S/C17H25FN2O/c1-3-10-19-16-14(8-5-9-15(16)18)17(21)20-11-6-7-13(4-2)12-20/h5,8-9,13,19H,3-4,6-7,10-12H2,1-2H3. The maximum Gasteiger partial charge on any atom is 0.256 e. The predicted octanol–water partition coefficient (Wildman–Crippen LogP) is 3.91. The number of likely N-dealkylation sites (tertiary alicyclic amines) is 1. The van der Waals surface area contributed by atoms with E-state index in [0.717, 1.165) is 32.4 Å². The second-order valence-electron chi connectivity index (χ2n) is 5.76. The van der Waals surface area contributed by atoms with Gasteiger partial charge in [0.1, 0.15) is 5.82 Å². The van der Waals surface area contributed by atoms with Crippen molar-refractivity contribution in [2.24, 2.45) is 5.92 Å². The minimum atomic E-state index is -0.349. The fourth-order valence-electron chi connectivity index (χ4n) is 2.89. The molecule has 21 heavy (non-hydrogen) atoms. The van der Waals surface area contributed by atoms with Crippen LogP contribution in [0.4, 0.5) is 10.1 Å². The number of benzene rings is 1. The van der Waals surface area contributed by atoms with Gasteiger partial charge in [0.05, 0.1) is 11.3 Å². The Morgan fingerprint density at radius 2 is 2.24 bits per heavy atom. The van der Waals surface area contributed by atoms with Crippen LogP contribution in [-0.2, 0) is 0 Å². The first-order chi connectivity index (χ1) is 10.2. The highest BCUT2D eigenvalue weighted by Gasteiger charge is 2.25. The van der Waals surface area contributed by atoms with Gasteiger partial charge in [-0.25, -0.2) is 4.39 Å². The van der Waals surface area contributed by atoms with Crippen molar-refractivity contribution in [2.45, 2.75) is 39.5 Å². The summed E-state index contributed by atoms with van der Waals surface area (Å²) in [5, 5.41) is 3.05. The number of nitrogens with one attached hydrogen (secondary N) is 1. The van der Waals surface area contributed by atoms with Gasteiger partial charge in [0.15, 0.2) is 0 Å². The minimum Gasteiger partial charge on any atom is -0.382 e. The SMILES string of the molecule is CCCNc1c(F)cccc1C(=O)N1CCCC(CC)C1. The van der Waals surface area contributed by atoms with Crippen LogP contribution in [0.1, 0.15) is 49.9 Å². The van der Waals surface area contributed by atoms with Gasteiger partial charge in [-0.3, -0.25) is 4.79 Å². The average Bonchev–Trinajstić information content (AvgIpc) is 2.53. The summed E-state index contributed by atoms with van der Waals surface area (Å²) < 4.78 is 14.0. The lowest BCUT2D eigenvalue weighted by Crippen LogP contribution is -2.40. The van der Waals surface area contributed by atoms with Crippen LogP contribution < -0.4 is 5.32 Å². The van der Waals surface area contributed by atoms with Gasteiger partial charge in [0, 0.05) is 19.6 Å². The van der Waals surface area contributed by atoms with Crippen molar-refractivity contribution in [1.82, 2.24) is 4.90 Å². The molecule has 0 bridgehead atoms. The number of carbonyl (C=O) groups excluding carboxylic acids is 1. The maximum atomic E-state index is 14.0. The van der Waals surface area contributed by atoms with Gasteiger partial charge in [0.2, 0.25) is 0 Å². The first-order valence-electron chi connectivity index (χ1n) is 7.99. The van der Waals surface area contributed by atoms with Gasteiger partial charge in [0.25, 0.3) is 5.91 Å². The zero-order valence-corrected chi connectivity index (χ0v) is 13.0. The lowest BCUT2D eigenvalue weighted by atomic mass is 9.95. The molecule has 4 heteroatoms. The first-order valence-corrected chi connectivity index (χ1v) is 7.99. The quantitative estimate of drug-likeness (QED) is 0.892. The summed E-state index contributed by atoms with van der Waals surface area (Å²) in [4.78, 5) is 14.6. The van der Waals surface area contributed by atoms with E-state index in [0.29, 0.717) is 23.7 Å². The Morgan fingerprint density at radius 3 is 2.95 bits per heavy atom. The summed E-state index contributed by atoms with van der Waals surface area (Å²) >= 11 is 0. The Labute approximate surface area is 126 Å². The van der Waals surface area contributed by atoms with Crippen molar-refractivity contribution < 1.29 is 9.18 Å². The molecule has 3 nitrogen and oxygen atoms in total. The molecule has 0 radical (unpaired) electrons. The van der Waals surface area contributed by atoms with Gasteiger partial charge >= 0.3 is 0 Å². The molecule has 0 aliphatic carbocycles. The number of piperidine rings is 1. The normalized spacial score (nSPS) is 18.6. The van der Waals surface area contributed by atoms with Crippen LogP contribution in [0.25, 0.3) is 0 Å². The highest BCUT2D eigenvalue weighted by Crippen LogP contribution is 2.25. The maximum absolute atomic E-state index is 14.0. The molecule has 1 heterocycles. The Balaban J connectivity index is 2.20. The smallest absolute Gasteiger partial charge is 0.256 e. The number of halogens is 1. The Kier molecular flexibility index (Phi) is 5.59. The molecule has 1 saturated heterocycles. The number of para-hydroxylation sites is 1. The predicted molar refractivity (Wildman–Crippen MR) is 84.1 cm³/mol. The molecule has 2 rings (SSSR count). The number of amides is 1. The van der Waals surface area contributed by atoms with Crippen LogP contribution >= 0.6 is 0 Å². The van der Waals surface area contributed by atoms with E-state index >= 15 is 0 Å². The third-order valence-corrected chi connectivity index (χ3v) is 4.18. The van der Waals surface area contributed by atoms with Crippen LogP contribution in [0.15, 0.2) is 18.2 Å². The van der Waals surface area contributed by atoms with Gasteiger partial charge < -0.3 is 10.2 Å². The molecule has 1 aromatic carbocycles. The zero-order chi connectivity index (χ0) is 15.2. The second-order valence-corrected chi connectivity index (χ2v) is 5.76. The summed E-state index contributed by atoms with van der Waals surface area (Å²) in [5.74, 6) is 0.174. The third kappa shape index (κ3) is 3.74. The Hall–Kier alpha value is -1.58. The van der Waals surface area contributed by atoms with E-state index in [1.165, 1.54) is 12.5 Å². The van der Waals surface area contributed by atoms with Crippen molar-refractivity contribution in [2.75, 3.05) is 25.0 Å². The molecule has 1 unspecified atom stereocenters. The van der Waals surface area contributed by atoms with Gasteiger partial charge in [-0.1, -0.05) is 26.3 Å². The van der Waals surface area contributed by atoms with Crippen molar-refractivity contribution in [3.63, 3.8) is 0 Å². The third-order valence-electron chi connectivity index (χ3n) is 4.18. The number of anilines is 1. The second kappa shape index (κ2) is 7.43. The molecular weight excluding hydrogens is 267 g/mol. The van der Waals surface area contributed by atoms with E-state index in [1.807, 2.05) is 11.8 Å². The lowest BCUT2D eigenvalue weighted by molar-refractivity contribution is 0.0672. The first kappa shape index (κ1) is 15.8. The lowest BCUT2D eigenvalue weighted by Gasteiger charge is -2.32. The minimum absolute atomic E-state index is 0.0498. The number of hydrogen-bond donors (Lipinski definition) is 1. The summed E-state index contributed by atoms with van der Waals surface area (Å²) in [5.41, 5.74) is 0.808. The van der Waals surface area contributed by atoms with Gasteiger partial charge in [-0.2, -0.15) is 0 Å². The average molecular weight is 292 g/mol. The molecule has 116 valence electrons. The Morgan fingerprint density at radius 1 is 1.43 bits per heavy atom. The van der Waals surface area contributed by atoms with Gasteiger partial charge in [-0.15, -0.1) is 0 Å². The van der Waals surface area contributed by atoms with Crippen LogP contribution in [0.2, 0.25) is 0 Å². The largest absolute Gasteiger partial charge is 0.382 e. The van der Waals surface area contributed by atoms with E-state index in [2.05, 4.69) is 12.2 Å². The van der Waals surface area contributed by atoms with E-state index < -0.39 is 0 Å². The molecule has 1 aliphatic rings. The monoisotopic (exact) mass is 292 g/mol. The molecular formula is C17H25FN2O. The van der Waals surface area contributed by atoms with Crippen LogP contribution in [0.3, 0.4) is 0 Å². The highest BCUT2D eigenvalue weighted by molar-refractivity contribution is 5.99. The number of hydrogen-bond acceptors (Lipinski definition) is 2. The molecule has 1 amide bonds. The molecule has 0 aromatic heterocycles. The van der Waals surface area contributed by atoms with Crippen LogP contribution in [0.5, 0.6) is 0 Å². The summed E-state index contributed by atoms with van der Waals surface area (Å²) in [6.07, 6.45) is 4.21. The summed E-state index contributed by atoms with van der Waals surface area (Å²) in [6, 6.07) is 4.74. The number of carbonyl (C=O) groups is 1. The van der Waals surface area contributed by atoms with Gasteiger partial charge in [-0.05, 0) is 37.3 Å². The van der Waals surface area contributed by atoms with E-state index in [9.17, 15) is 9.18 Å². The topological polar surface area (TPSA) is 32.3 Å². The molecule has 1 aliphatic heterocycles. The van der Waals surface area contributed by atoms with E-state index in [-0.39, 0.29) is 11.7 Å². The fraction of sp³-hybridized carbons (Fsp3) is 0.588. The molecule has 1 aromatic rings. The highest BCUT2D eigenvalue weighted by atomic mass is 19.1. The van der Waals surface area contributed by atoms with Crippen molar-refractivity contribution in [1.29, 1.82) is 0 Å². The molecule has 1 fully saturated rings. The Bertz CT molecular complexity index is 490. The van der Waals surface area contributed by atoms with E-state index in [4.69, 9.17) is 0 Å². The fourth-order valence-corrected chi connectivity index (χ4v) is 2.89. The molecule has 0 spiro atoms.